The summed E-state index contributed by atoms with van der Waals surface area (Å²) in [4.78, 5) is 5.16. The molecule has 2 aromatic carbocycles. The fourth-order valence-electron chi connectivity index (χ4n) is 7.07. The number of hydrogen-bond acceptors (Lipinski definition) is 5. The average molecular weight is 467 g/mol. The SMILES string of the molecule is Cc1cc(C)c2c(c1)CN1C3(N2C)N(C)c2c(C)cc(C)cc2CN3[Si](C)(C)O[Si]1(C)C. The highest BCUT2D eigenvalue weighted by Gasteiger charge is 2.68. The molecule has 5 nitrogen and oxygen atoms in total. The molecule has 3 aliphatic heterocycles. The van der Waals surface area contributed by atoms with E-state index in [1.54, 1.807) is 0 Å². The van der Waals surface area contributed by atoms with Crippen molar-refractivity contribution in [3.8, 4) is 0 Å². The van der Waals surface area contributed by atoms with E-state index >= 15 is 0 Å². The number of hydrogen-bond donors (Lipinski definition) is 0. The smallest absolute Gasteiger partial charge is 0.260 e. The van der Waals surface area contributed by atoms with Gasteiger partial charge in [0, 0.05) is 38.6 Å². The van der Waals surface area contributed by atoms with Gasteiger partial charge < -0.3 is 13.9 Å². The molecule has 1 spiro atoms. The molecular weight excluding hydrogens is 428 g/mol. The zero-order valence-electron chi connectivity index (χ0n) is 21.4. The fourth-order valence-corrected chi connectivity index (χ4v) is 16.3. The Kier molecular flexibility index (Phi) is 4.64. The molecule has 0 atom stereocenters. The van der Waals surface area contributed by atoms with Crippen molar-refractivity contribution in [1.82, 2.24) is 9.13 Å². The van der Waals surface area contributed by atoms with Gasteiger partial charge >= 0.3 is 0 Å². The van der Waals surface area contributed by atoms with Crippen molar-refractivity contribution in [3.63, 3.8) is 0 Å². The molecule has 5 rings (SSSR count). The Hall–Kier alpha value is -1.65. The van der Waals surface area contributed by atoms with Gasteiger partial charge in [-0.15, -0.1) is 0 Å². The summed E-state index contributed by atoms with van der Waals surface area (Å²) < 4.78 is 12.6. The lowest BCUT2D eigenvalue weighted by Crippen LogP contribution is -2.91. The van der Waals surface area contributed by atoms with Crippen LogP contribution in [0, 0.1) is 27.7 Å². The molecule has 0 aliphatic carbocycles. The van der Waals surface area contributed by atoms with Crippen molar-refractivity contribution in [1.29, 1.82) is 0 Å². The Labute approximate surface area is 196 Å². The van der Waals surface area contributed by atoms with Gasteiger partial charge in [0.15, 0.2) is 0 Å². The molecule has 2 aromatic rings. The first-order valence-electron chi connectivity index (χ1n) is 11.7. The van der Waals surface area contributed by atoms with Crippen LogP contribution >= 0.6 is 0 Å². The Balaban J connectivity index is 1.85. The topological polar surface area (TPSA) is 22.2 Å². The zero-order chi connectivity index (χ0) is 23.4. The summed E-state index contributed by atoms with van der Waals surface area (Å²) in [7, 11) is 0.278. The highest BCUT2D eigenvalue weighted by Crippen LogP contribution is 2.54. The van der Waals surface area contributed by atoms with Gasteiger partial charge in [0.25, 0.3) is 17.0 Å². The van der Waals surface area contributed by atoms with Gasteiger partial charge in [-0.2, -0.15) is 0 Å². The molecule has 7 heteroatoms. The van der Waals surface area contributed by atoms with Crippen LogP contribution in [0.5, 0.6) is 0 Å². The molecule has 1 saturated heterocycles. The minimum Gasteiger partial charge on any atom is -0.432 e. The molecule has 1 fully saturated rings. The van der Waals surface area contributed by atoms with Gasteiger partial charge in [-0.3, -0.25) is 0 Å². The lowest BCUT2D eigenvalue weighted by Gasteiger charge is -2.72. The number of fused-ring (bicyclic) bond motifs is 2. The molecule has 3 aliphatic rings. The van der Waals surface area contributed by atoms with E-state index in [0.717, 1.165) is 13.1 Å². The summed E-state index contributed by atoms with van der Waals surface area (Å²) in [6.07, 6.45) is 0. The van der Waals surface area contributed by atoms with Crippen molar-refractivity contribution in [3.05, 3.63) is 57.6 Å². The van der Waals surface area contributed by atoms with E-state index in [0.29, 0.717) is 0 Å². The van der Waals surface area contributed by atoms with Crippen LogP contribution in [0.25, 0.3) is 0 Å². The molecule has 0 N–H and O–H groups in total. The number of rotatable bonds is 0. The second-order valence-electron chi connectivity index (χ2n) is 11.1. The molecule has 0 bridgehead atoms. The van der Waals surface area contributed by atoms with Gasteiger partial charge in [0.1, 0.15) is 0 Å². The van der Waals surface area contributed by atoms with Gasteiger partial charge in [-0.25, -0.2) is 9.13 Å². The zero-order valence-corrected chi connectivity index (χ0v) is 23.4. The molecule has 32 heavy (non-hydrogen) atoms. The summed E-state index contributed by atoms with van der Waals surface area (Å²) in [6.45, 7) is 20.4. The standard InChI is InChI=1S/C25H38N4OSi2/c1-17-11-19(3)23-21(13-17)15-28-25(26(23)5)27(6)24-20(4)12-18(2)14-22(24)16-29(25)32(9,10)30-31(28,7)8/h11-14H,15-16H2,1-10H3. The highest BCUT2D eigenvalue weighted by atomic mass is 28.4. The summed E-state index contributed by atoms with van der Waals surface area (Å²) in [6, 6.07) is 9.43. The third-order valence-electron chi connectivity index (χ3n) is 7.80. The third kappa shape index (κ3) is 2.72. The van der Waals surface area contributed by atoms with E-state index in [9.17, 15) is 0 Å². The molecule has 0 unspecified atom stereocenters. The summed E-state index contributed by atoms with van der Waals surface area (Å²) >= 11 is 0. The minimum absolute atomic E-state index is 0.357. The fraction of sp³-hybridized carbons (Fsp3) is 0.520. The second kappa shape index (κ2) is 6.70. The maximum absolute atomic E-state index is 7.12. The second-order valence-corrected chi connectivity index (χ2v) is 18.7. The highest BCUT2D eigenvalue weighted by molar-refractivity contribution is 6.83. The molecular formula is C25H38N4OSi2. The quantitative estimate of drug-likeness (QED) is 0.498. The maximum atomic E-state index is 7.12. The largest absolute Gasteiger partial charge is 0.432 e. The van der Waals surface area contributed by atoms with Crippen LogP contribution in [0.1, 0.15) is 33.4 Å². The Morgan fingerprint density at radius 1 is 0.688 bits per heavy atom. The Morgan fingerprint density at radius 2 is 1.06 bits per heavy atom. The van der Waals surface area contributed by atoms with E-state index in [1.807, 2.05) is 0 Å². The third-order valence-corrected chi connectivity index (χ3v) is 15.3. The number of benzene rings is 2. The van der Waals surface area contributed by atoms with E-state index in [-0.39, 0.29) is 5.91 Å². The van der Waals surface area contributed by atoms with Crippen LogP contribution in [0.2, 0.25) is 26.2 Å². The van der Waals surface area contributed by atoms with E-state index in [1.165, 1.54) is 44.8 Å². The maximum Gasteiger partial charge on any atom is 0.260 e. The first-order valence-corrected chi connectivity index (χ1v) is 17.5. The van der Waals surface area contributed by atoms with Crippen molar-refractivity contribution >= 4 is 28.3 Å². The van der Waals surface area contributed by atoms with Crippen LogP contribution < -0.4 is 9.80 Å². The predicted octanol–water partition coefficient (Wildman–Crippen LogP) is 5.17. The molecule has 0 amide bonds. The van der Waals surface area contributed by atoms with Gasteiger partial charge in [0.2, 0.25) is 5.91 Å². The molecule has 0 radical (unpaired) electrons. The number of aryl methyl sites for hydroxylation is 4. The average Bonchev–Trinajstić information content (AvgIpc) is 2.63. The van der Waals surface area contributed by atoms with Crippen LogP contribution in [-0.4, -0.2) is 46.1 Å². The van der Waals surface area contributed by atoms with Crippen molar-refractivity contribution < 1.29 is 4.12 Å². The summed E-state index contributed by atoms with van der Waals surface area (Å²) in [5.41, 5.74) is 11.0. The molecule has 3 heterocycles. The van der Waals surface area contributed by atoms with Crippen LogP contribution in [0.3, 0.4) is 0 Å². The van der Waals surface area contributed by atoms with Crippen molar-refractivity contribution in [2.75, 3.05) is 23.9 Å². The molecule has 0 saturated carbocycles. The lowest BCUT2D eigenvalue weighted by atomic mass is 9.97. The van der Waals surface area contributed by atoms with E-state index in [4.69, 9.17) is 4.12 Å². The van der Waals surface area contributed by atoms with Gasteiger partial charge in [-0.1, -0.05) is 35.4 Å². The van der Waals surface area contributed by atoms with E-state index in [2.05, 4.69) is 111 Å². The Morgan fingerprint density at radius 3 is 1.44 bits per heavy atom. The lowest BCUT2D eigenvalue weighted by molar-refractivity contribution is -0.0281. The number of nitrogens with zero attached hydrogens (tertiary/aromatic N) is 4. The first kappa shape index (κ1) is 22.2. The number of anilines is 2. The van der Waals surface area contributed by atoms with Crippen molar-refractivity contribution in [2.24, 2.45) is 0 Å². The molecule has 0 aromatic heterocycles. The predicted molar refractivity (Wildman–Crippen MR) is 139 cm³/mol. The summed E-state index contributed by atoms with van der Waals surface area (Å²) in [5, 5.41) is 0. The van der Waals surface area contributed by atoms with Crippen molar-refractivity contribution in [2.45, 2.75) is 72.9 Å². The normalized spacial score (nSPS) is 23.3. The van der Waals surface area contributed by atoms with Crippen LogP contribution in [-0.2, 0) is 17.2 Å². The van der Waals surface area contributed by atoms with Crippen LogP contribution in [0.15, 0.2) is 24.3 Å². The first-order chi connectivity index (χ1) is 14.8. The minimum atomic E-state index is -2.17. The van der Waals surface area contributed by atoms with E-state index < -0.39 is 17.0 Å². The van der Waals surface area contributed by atoms with Gasteiger partial charge in [-0.05, 0) is 76.1 Å². The Bertz CT molecular complexity index is 1040. The van der Waals surface area contributed by atoms with Gasteiger partial charge in [0.05, 0.1) is 0 Å². The monoisotopic (exact) mass is 466 g/mol. The van der Waals surface area contributed by atoms with Crippen LogP contribution in [0.4, 0.5) is 11.4 Å². The molecule has 172 valence electrons. The summed E-state index contributed by atoms with van der Waals surface area (Å²) in [5.74, 6) is -0.357.